The molecular weight excluding hydrogens is 268 g/mol. The van der Waals surface area contributed by atoms with E-state index in [-0.39, 0.29) is 0 Å². The highest BCUT2D eigenvalue weighted by Crippen LogP contribution is 2.27. The molecule has 0 aliphatic heterocycles. The van der Waals surface area contributed by atoms with Crippen molar-refractivity contribution in [3.8, 4) is 0 Å². The largest absolute Gasteiger partial charge is 0.384 e. The Hall–Kier alpha value is -1.67. The molecule has 2 aromatic carbocycles. The number of hydrogen-bond donors (Lipinski definition) is 1. The van der Waals surface area contributed by atoms with Crippen LogP contribution in [-0.4, -0.2) is 20.6 Å². The van der Waals surface area contributed by atoms with E-state index >= 15 is 0 Å². The van der Waals surface area contributed by atoms with Crippen LogP contribution >= 0.6 is 11.6 Å². The number of anilines is 2. The fourth-order valence-electron chi connectivity index (χ4n) is 2.15. The van der Waals surface area contributed by atoms with E-state index in [9.17, 15) is 0 Å². The molecule has 0 spiro atoms. The highest BCUT2D eigenvalue weighted by molar-refractivity contribution is 6.33. The Morgan fingerprint density at radius 3 is 2.40 bits per heavy atom. The van der Waals surface area contributed by atoms with Crippen LogP contribution in [0.4, 0.5) is 11.4 Å². The predicted octanol–water partition coefficient (Wildman–Crippen LogP) is 4.62. The molecule has 1 unspecified atom stereocenters. The first-order valence-electron chi connectivity index (χ1n) is 6.83. The monoisotopic (exact) mass is 288 g/mol. The number of halogens is 1. The van der Waals surface area contributed by atoms with Crippen molar-refractivity contribution in [1.82, 2.24) is 0 Å². The van der Waals surface area contributed by atoms with Gasteiger partial charge in [-0.3, -0.25) is 0 Å². The lowest BCUT2D eigenvalue weighted by atomic mass is 10.0. The Labute approximate surface area is 126 Å². The summed E-state index contributed by atoms with van der Waals surface area (Å²) in [5, 5.41) is 4.22. The maximum atomic E-state index is 6.28. The molecule has 0 aliphatic rings. The Morgan fingerprint density at radius 2 is 1.80 bits per heavy atom. The van der Waals surface area contributed by atoms with E-state index in [4.69, 9.17) is 11.6 Å². The summed E-state index contributed by atoms with van der Waals surface area (Å²) in [6, 6.07) is 16.6. The molecule has 2 aromatic rings. The molecule has 106 valence electrons. The standard InChI is InChI=1S/C17H21ClN2/c1-13(14-7-5-4-6-8-14)12-19-15-9-10-17(20(2)3)16(18)11-15/h4-11,13,19H,12H2,1-3H3. The van der Waals surface area contributed by atoms with Gasteiger partial charge < -0.3 is 10.2 Å². The molecule has 2 nitrogen and oxygen atoms in total. The van der Waals surface area contributed by atoms with Crippen LogP contribution in [0.3, 0.4) is 0 Å². The van der Waals surface area contributed by atoms with Crippen molar-refractivity contribution in [2.24, 2.45) is 0 Å². The summed E-state index contributed by atoms with van der Waals surface area (Å²) in [7, 11) is 3.98. The second kappa shape index (κ2) is 6.67. The topological polar surface area (TPSA) is 15.3 Å². The van der Waals surface area contributed by atoms with Gasteiger partial charge in [0.1, 0.15) is 0 Å². The van der Waals surface area contributed by atoms with E-state index in [0.29, 0.717) is 5.92 Å². The normalized spacial score (nSPS) is 12.0. The maximum absolute atomic E-state index is 6.28. The Morgan fingerprint density at radius 1 is 1.10 bits per heavy atom. The smallest absolute Gasteiger partial charge is 0.0659 e. The summed E-state index contributed by atoms with van der Waals surface area (Å²) < 4.78 is 0. The average Bonchev–Trinajstić information content (AvgIpc) is 2.45. The van der Waals surface area contributed by atoms with E-state index < -0.39 is 0 Å². The van der Waals surface area contributed by atoms with Crippen molar-refractivity contribution in [3.05, 3.63) is 59.1 Å². The fraction of sp³-hybridized carbons (Fsp3) is 0.294. The first-order valence-corrected chi connectivity index (χ1v) is 7.21. The zero-order valence-electron chi connectivity index (χ0n) is 12.2. The molecule has 0 saturated carbocycles. The lowest BCUT2D eigenvalue weighted by Gasteiger charge is -2.17. The first kappa shape index (κ1) is 14.7. The minimum Gasteiger partial charge on any atom is -0.384 e. The van der Waals surface area contributed by atoms with E-state index in [2.05, 4.69) is 42.6 Å². The lowest BCUT2D eigenvalue weighted by molar-refractivity contribution is 0.805. The van der Waals surface area contributed by atoms with E-state index in [0.717, 1.165) is 22.9 Å². The Bertz CT molecular complexity index is 552. The zero-order chi connectivity index (χ0) is 14.5. The van der Waals surface area contributed by atoms with Gasteiger partial charge in [-0.1, -0.05) is 48.9 Å². The highest BCUT2D eigenvalue weighted by Gasteiger charge is 2.06. The summed E-state index contributed by atoms with van der Waals surface area (Å²) in [5.74, 6) is 0.462. The molecule has 0 amide bonds. The van der Waals surface area contributed by atoms with Gasteiger partial charge in [-0.2, -0.15) is 0 Å². The number of benzene rings is 2. The molecule has 3 heteroatoms. The van der Waals surface area contributed by atoms with Gasteiger partial charge in [-0.05, 0) is 29.7 Å². The molecule has 0 aliphatic carbocycles. The molecule has 1 N–H and O–H groups in total. The SMILES string of the molecule is CC(CNc1ccc(N(C)C)c(Cl)c1)c1ccccc1. The van der Waals surface area contributed by atoms with Crippen molar-refractivity contribution >= 4 is 23.0 Å². The molecule has 0 radical (unpaired) electrons. The Kier molecular flexibility index (Phi) is 4.91. The third-order valence-electron chi connectivity index (χ3n) is 3.41. The summed E-state index contributed by atoms with van der Waals surface area (Å²) in [5.41, 5.74) is 3.44. The van der Waals surface area contributed by atoms with Crippen LogP contribution in [0.1, 0.15) is 18.4 Å². The number of nitrogens with zero attached hydrogens (tertiary/aromatic N) is 1. The molecule has 0 bridgehead atoms. The van der Waals surface area contributed by atoms with Crippen molar-refractivity contribution in [1.29, 1.82) is 0 Å². The van der Waals surface area contributed by atoms with Crippen LogP contribution in [0.5, 0.6) is 0 Å². The molecule has 0 aromatic heterocycles. The fourth-order valence-corrected chi connectivity index (χ4v) is 2.50. The maximum Gasteiger partial charge on any atom is 0.0659 e. The highest BCUT2D eigenvalue weighted by atomic mass is 35.5. The molecule has 20 heavy (non-hydrogen) atoms. The van der Waals surface area contributed by atoms with E-state index in [1.165, 1.54) is 5.56 Å². The number of rotatable bonds is 5. The minimum atomic E-state index is 0.462. The summed E-state index contributed by atoms with van der Waals surface area (Å²) in [4.78, 5) is 2.01. The van der Waals surface area contributed by atoms with Gasteiger partial charge in [0.15, 0.2) is 0 Å². The molecular formula is C17H21ClN2. The molecule has 0 heterocycles. The second-order valence-electron chi connectivity index (χ2n) is 5.25. The summed E-state index contributed by atoms with van der Waals surface area (Å²) in [6.45, 7) is 3.11. The van der Waals surface area contributed by atoms with Crippen molar-refractivity contribution in [3.63, 3.8) is 0 Å². The van der Waals surface area contributed by atoms with Gasteiger partial charge >= 0.3 is 0 Å². The summed E-state index contributed by atoms with van der Waals surface area (Å²) >= 11 is 6.28. The minimum absolute atomic E-state index is 0.462. The van der Waals surface area contributed by atoms with Crippen molar-refractivity contribution < 1.29 is 0 Å². The second-order valence-corrected chi connectivity index (χ2v) is 5.66. The van der Waals surface area contributed by atoms with E-state index in [1.807, 2.05) is 37.2 Å². The van der Waals surface area contributed by atoms with Gasteiger partial charge in [-0.15, -0.1) is 0 Å². The van der Waals surface area contributed by atoms with Crippen molar-refractivity contribution in [2.45, 2.75) is 12.8 Å². The third kappa shape index (κ3) is 3.67. The lowest BCUT2D eigenvalue weighted by Crippen LogP contribution is -2.11. The van der Waals surface area contributed by atoms with Gasteiger partial charge in [0.05, 0.1) is 10.7 Å². The number of hydrogen-bond acceptors (Lipinski definition) is 2. The van der Waals surface area contributed by atoms with Crippen LogP contribution in [-0.2, 0) is 0 Å². The van der Waals surface area contributed by atoms with Crippen LogP contribution in [0.25, 0.3) is 0 Å². The van der Waals surface area contributed by atoms with Gasteiger partial charge in [0, 0.05) is 26.3 Å². The van der Waals surface area contributed by atoms with Crippen LogP contribution in [0.2, 0.25) is 5.02 Å². The van der Waals surface area contributed by atoms with Gasteiger partial charge in [-0.25, -0.2) is 0 Å². The Balaban J connectivity index is 1.99. The number of nitrogens with one attached hydrogen (secondary N) is 1. The predicted molar refractivity (Wildman–Crippen MR) is 89.1 cm³/mol. The van der Waals surface area contributed by atoms with Crippen LogP contribution < -0.4 is 10.2 Å². The van der Waals surface area contributed by atoms with Crippen LogP contribution in [0, 0.1) is 0 Å². The van der Waals surface area contributed by atoms with Gasteiger partial charge in [0.25, 0.3) is 0 Å². The zero-order valence-corrected chi connectivity index (χ0v) is 13.0. The van der Waals surface area contributed by atoms with Crippen LogP contribution in [0.15, 0.2) is 48.5 Å². The molecule has 2 rings (SSSR count). The first-order chi connectivity index (χ1) is 9.58. The van der Waals surface area contributed by atoms with E-state index in [1.54, 1.807) is 0 Å². The quantitative estimate of drug-likeness (QED) is 0.863. The van der Waals surface area contributed by atoms with Crippen molar-refractivity contribution in [2.75, 3.05) is 30.9 Å². The third-order valence-corrected chi connectivity index (χ3v) is 3.71. The molecule has 0 saturated heterocycles. The summed E-state index contributed by atoms with van der Waals surface area (Å²) in [6.07, 6.45) is 0. The van der Waals surface area contributed by atoms with Gasteiger partial charge in [0.2, 0.25) is 0 Å². The molecule has 1 atom stereocenters. The average molecular weight is 289 g/mol. The molecule has 0 fully saturated rings.